The van der Waals surface area contributed by atoms with Crippen LogP contribution in [0, 0.1) is 0 Å². The Morgan fingerprint density at radius 1 is 1.28 bits per heavy atom. The van der Waals surface area contributed by atoms with Crippen LogP contribution in [0.4, 0.5) is 0 Å². The van der Waals surface area contributed by atoms with E-state index in [1.165, 1.54) is 37.7 Å². The highest BCUT2D eigenvalue weighted by Gasteiger charge is 2.36. The van der Waals surface area contributed by atoms with Crippen LogP contribution < -0.4 is 5.32 Å². The molecule has 1 N–H and O–H groups in total. The van der Waals surface area contributed by atoms with E-state index >= 15 is 0 Å². The van der Waals surface area contributed by atoms with Gasteiger partial charge in [0, 0.05) is 20.2 Å². The van der Waals surface area contributed by atoms with E-state index in [-0.39, 0.29) is 5.60 Å². The number of ether oxygens (including phenoxy) is 1. The first-order chi connectivity index (χ1) is 8.83. The summed E-state index contributed by atoms with van der Waals surface area (Å²) >= 11 is 0. The highest BCUT2D eigenvalue weighted by atomic mass is 16.5. The van der Waals surface area contributed by atoms with Crippen molar-refractivity contribution in [3.05, 3.63) is 35.4 Å². The van der Waals surface area contributed by atoms with Crippen molar-refractivity contribution in [3.63, 3.8) is 0 Å². The van der Waals surface area contributed by atoms with Crippen molar-refractivity contribution >= 4 is 0 Å². The fraction of sp³-hybridized carbons (Fsp3) is 0.625. The molecule has 2 aliphatic rings. The molecule has 2 aliphatic carbocycles. The van der Waals surface area contributed by atoms with E-state index in [4.69, 9.17) is 4.74 Å². The van der Waals surface area contributed by atoms with Gasteiger partial charge in [0.2, 0.25) is 0 Å². The molecule has 2 heteroatoms. The highest BCUT2D eigenvalue weighted by molar-refractivity contribution is 5.33. The van der Waals surface area contributed by atoms with Crippen LogP contribution in [0.3, 0.4) is 0 Å². The first-order valence-electron chi connectivity index (χ1n) is 7.17. The summed E-state index contributed by atoms with van der Waals surface area (Å²) in [6.07, 6.45) is 6.48. The molecule has 2 saturated carbocycles. The number of hydrogen-bond donors (Lipinski definition) is 1. The number of benzene rings is 1. The Hall–Kier alpha value is -0.860. The third-order valence-corrected chi connectivity index (χ3v) is 4.53. The van der Waals surface area contributed by atoms with Crippen LogP contribution >= 0.6 is 0 Å². The minimum atomic E-state index is 0.133. The van der Waals surface area contributed by atoms with E-state index in [2.05, 4.69) is 29.6 Å². The lowest BCUT2D eigenvalue weighted by Crippen LogP contribution is -2.47. The summed E-state index contributed by atoms with van der Waals surface area (Å²) in [4.78, 5) is 0. The standard InChI is InChI=1S/C16H23NO/c1-18-16(9-4-10-16)12-17-11-14-5-2-3-6-15(14)13-7-8-13/h2-3,5-6,13,17H,4,7-12H2,1H3. The molecule has 0 bridgehead atoms. The zero-order valence-corrected chi connectivity index (χ0v) is 11.2. The van der Waals surface area contributed by atoms with Gasteiger partial charge in [-0.3, -0.25) is 0 Å². The molecule has 18 heavy (non-hydrogen) atoms. The first-order valence-corrected chi connectivity index (χ1v) is 7.17. The third kappa shape index (κ3) is 2.45. The molecule has 98 valence electrons. The minimum Gasteiger partial charge on any atom is -0.377 e. The Balaban J connectivity index is 1.56. The van der Waals surface area contributed by atoms with Gasteiger partial charge in [-0.25, -0.2) is 0 Å². The Labute approximate surface area is 110 Å². The molecule has 1 aromatic carbocycles. The lowest BCUT2D eigenvalue weighted by atomic mass is 9.80. The average Bonchev–Trinajstić information content (AvgIpc) is 3.17. The van der Waals surface area contributed by atoms with Crippen molar-refractivity contribution in [1.82, 2.24) is 5.32 Å². The molecule has 0 unspecified atom stereocenters. The molecule has 0 amide bonds. The molecule has 0 radical (unpaired) electrons. The second kappa shape index (κ2) is 5.02. The molecule has 0 aromatic heterocycles. The second-order valence-electron chi connectivity index (χ2n) is 5.82. The summed E-state index contributed by atoms with van der Waals surface area (Å²) in [5.41, 5.74) is 3.17. The Morgan fingerprint density at radius 2 is 2.06 bits per heavy atom. The topological polar surface area (TPSA) is 21.3 Å². The molecule has 0 heterocycles. The van der Waals surface area contributed by atoms with E-state index in [0.29, 0.717) is 0 Å². The van der Waals surface area contributed by atoms with Crippen LogP contribution in [-0.4, -0.2) is 19.3 Å². The lowest BCUT2D eigenvalue weighted by Gasteiger charge is -2.40. The Kier molecular flexibility index (Phi) is 3.40. The van der Waals surface area contributed by atoms with Crippen molar-refractivity contribution in [1.29, 1.82) is 0 Å². The predicted octanol–water partition coefficient (Wildman–Crippen LogP) is 3.22. The molecule has 2 fully saturated rings. The maximum atomic E-state index is 5.64. The molecular weight excluding hydrogens is 222 g/mol. The normalized spacial score (nSPS) is 21.6. The SMILES string of the molecule is COC1(CNCc2ccccc2C2CC2)CCC1. The summed E-state index contributed by atoms with van der Waals surface area (Å²) < 4.78 is 5.64. The highest BCUT2D eigenvalue weighted by Crippen LogP contribution is 2.41. The van der Waals surface area contributed by atoms with E-state index in [9.17, 15) is 0 Å². The molecule has 3 rings (SSSR count). The molecule has 0 aliphatic heterocycles. The summed E-state index contributed by atoms with van der Waals surface area (Å²) in [7, 11) is 1.85. The first kappa shape index (κ1) is 12.2. The number of methoxy groups -OCH3 is 1. The smallest absolute Gasteiger partial charge is 0.0802 e. The molecule has 2 nitrogen and oxygen atoms in total. The lowest BCUT2D eigenvalue weighted by molar-refractivity contribution is -0.0695. The summed E-state index contributed by atoms with van der Waals surface area (Å²) in [6, 6.07) is 8.88. The van der Waals surface area contributed by atoms with Crippen LogP contribution in [-0.2, 0) is 11.3 Å². The number of rotatable bonds is 6. The van der Waals surface area contributed by atoms with Gasteiger partial charge < -0.3 is 10.1 Å². The molecule has 0 atom stereocenters. The molecule has 0 spiro atoms. The van der Waals surface area contributed by atoms with Gasteiger partial charge in [0.05, 0.1) is 5.60 Å². The van der Waals surface area contributed by atoms with Crippen LogP contribution in [0.2, 0.25) is 0 Å². The van der Waals surface area contributed by atoms with Gasteiger partial charge in [0.25, 0.3) is 0 Å². The molecular formula is C16H23NO. The molecule has 0 saturated heterocycles. The van der Waals surface area contributed by atoms with Crippen LogP contribution in [0.1, 0.15) is 49.1 Å². The quantitative estimate of drug-likeness (QED) is 0.831. The number of nitrogens with one attached hydrogen (secondary N) is 1. The van der Waals surface area contributed by atoms with Gasteiger partial charge >= 0.3 is 0 Å². The zero-order valence-electron chi connectivity index (χ0n) is 11.2. The van der Waals surface area contributed by atoms with Gasteiger partial charge in [-0.15, -0.1) is 0 Å². The van der Waals surface area contributed by atoms with Crippen molar-refractivity contribution in [2.75, 3.05) is 13.7 Å². The third-order valence-electron chi connectivity index (χ3n) is 4.53. The van der Waals surface area contributed by atoms with E-state index in [0.717, 1.165) is 19.0 Å². The van der Waals surface area contributed by atoms with E-state index < -0.39 is 0 Å². The van der Waals surface area contributed by atoms with Crippen LogP contribution in [0.25, 0.3) is 0 Å². The van der Waals surface area contributed by atoms with Gasteiger partial charge in [0.15, 0.2) is 0 Å². The van der Waals surface area contributed by atoms with Crippen molar-refractivity contribution < 1.29 is 4.74 Å². The monoisotopic (exact) mass is 245 g/mol. The number of hydrogen-bond acceptors (Lipinski definition) is 2. The second-order valence-corrected chi connectivity index (χ2v) is 5.82. The predicted molar refractivity (Wildman–Crippen MR) is 73.7 cm³/mol. The molecule has 1 aromatic rings. The maximum Gasteiger partial charge on any atom is 0.0802 e. The average molecular weight is 245 g/mol. The van der Waals surface area contributed by atoms with Gasteiger partial charge in [-0.2, -0.15) is 0 Å². The van der Waals surface area contributed by atoms with Crippen LogP contribution in [0.5, 0.6) is 0 Å². The fourth-order valence-corrected chi connectivity index (χ4v) is 2.94. The Morgan fingerprint density at radius 3 is 2.67 bits per heavy atom. The largest absolute Gasteiger partial charge is 0.377 e. The van der Waals surface area contributed by atoms with Gasteiger partial charge in [0.1, 0.15) is 0 Å². The van der Waals surface area contributed by atoms with Crippen molar-refractivity contribution in [2.24, 2.45) is 0 Å². The summed E-state index contributed by atoms with van der Waals surface area (Å²) in [6.45, 7) is 1.97. The maximum absolute atomic E-state index is 5.64. The van der Waals surface area contributed by atoms with E-state index in [1.54, 1.807) is 5.56 Å². The van der Waals surface area contributed by atoms with Crippen molar-refractivity contribution in [3.8, 4) is 0 Å². The fourth-order valence-electron chi connectivity index (χ4n) is 2.94. The summed E-state index contributed by atoms with van der Waals surface area (Å²) in [5, 5.41) is 3.59. The van der Waals surface area contributed by atoms with E-state index in [1.807, 2.05) is 7.11 Å². The van der Waals surface area contributed by atoms with Gasteiger partial charge in [-0.1, -0.05) is 24.3 Å². The van der Waals surface area contributed by atoms with Gasteiger partial charge in [-0.05, 0) is 49.1 Å². The van der Waals surface area contributed by atoms with Crippen molar-refractivity contribution in [2.45, 2.75) is 50.2 Å². The van der Waals surface area contributed by atoms with Crippen LogP contribution in [0.15, 0.2) is 24.3 Å². The zero-order chi connectivity index (χ0) is 12.4. The minimum absolute atomic E-state index is 0.133. The Bertz CT molecular complexity index is 402. The summed E-state index contributed by atoms with van der Waals surface area (Å²) in [5.74, 6) is 0.836.